The summed E-state index contributed by atoms with van der Waals surface area (Å²) in [7, 11) is 0. The maximum absolute atomic E-state index is 12.8. The lowest BCUT2D eigenvalue weighted by atomic mass is 9.88. The predicted octanol–water partition coefficient (Wildman–Crippen LogP) is 3.91. The number of hydrogen-bond acceptors (Lipinski definition) is 3. The molecule has 2 atom stereocenters. The van der Waals surface area contributed by atoms with Crippen LogP contribution in [0.4, 0.5) is 5.69 Å². The minimum Gasteiger partial charge on any atom is -0.397 e. The Morgan fingerprint density at radius 2 is 2.10 bits per heavy atom. The third-order valence-corrected chi connectivity index (χ3v) is 5.86. The van der Waals surface area contributed by atoms with Crippen LogP contribution in [0.15, 0.2) is 18.2 Å². The van der Waals surface area contributed by atoms with Gasteiger partial charge in [0.2, 0.25) is 0 Å². The van der Waals surface area contributed by atoms with Gasteiger partial charge in [-0.1, -0.05) is 26.0 Å². The zero-order valence-corrected chi connectivity index (χ0v) is 13.7. The number of anilines is 1. The minimum atomic E-state index is 0.102. The normalized spacial score (nSPS) is 22.7. The Labute approximate surface area is 129 Å². The van der Waals surface area contributed by atoms with Gasteiger partial charge in [-0.25, -0.2) is 0 Å². The number of carbonyl (C=O) groups excluding carboxylic acids is 1. The molecule has 21 heavy (non-hydrogen) atoms. The van der Waals surface area contributed by atoms with E-state index in [1.165, 1.54) is 16.9 Å². The second-order valence-electron chi connectivity index (χ2n) is 6.34. The average Bonchev–Trinajstić information content (AvgIpc) is 2.77. The number of nitrogens with two attached hydrogens (primary N) is 1. The first-order valence-corrected chi connectivity index (χ1v) is 8.37. The molecule has 0 radical (unpaired) electrons. The smallest absolute Gasteiger partial charge is 0.266 e. The van der Waals surface area contributed by atoms with Gasteiger partial charge >= 0.3 is 0 Å². The summed E-state index contributed by atoms with van der Waals surface area (Å²) in [5.74, 6) is 1.35. The Balaban J connectivity index is 1.93. The molecule has 2 aromatic rings. The molecule has 1 aromatic carbocycles. The van der Waals surface area contributed by atoms with E-state index in [0.29, 0.717) is 22.4 Å². The van der Waals surface area contributed by atoms with Crippen LogP contribution in [0.3, 0.4) is 0 Å². The van der Waals surface area contributed by atoms with Gasteiger partial charge in [-0.05, 0) is 36.8 Å². The highest BCUT2D eigenvalue weighted by Gasteiger charge is 2.28. The molecule has 1 aromatic heterocycles. The molecule has 1 aliphatic rings. The minimum absolute atomic E-state index is 0.102. The molecule has 112 valence electrons. The van der Waals surface area contributed by atoms with E-state index in [2.05, 4.69) is 26.8 Å². The number of hydrogen-bond donors (Lipinski definition) is 1. The fourth-order valence-corrected chi connectivity index (χ4v) is 4.16. The standard InChI is InChI=1S/C17H22N2OS/c1-10-4-5-13-14(8-10)21-16(15(13)18)17(20)19-7-6-11(2)12(3)9-19/h4-5,8,11-12H,6-7,9,18H2,1-3H3. The second-order valence-corrected chi connectivity index (χ2v) is 7.39. The lowest BCUT2D eigenvalue weighted by Crippen LogP contribution is -2.42. The van der Waals surface area contributed by atoms with Crippen LogP contribution in [0.2, 0.25) is 0 Å². The van der Waals surface area contributed by atoms with E-state index in [-0.39, 0.29) is 5.91 Å². The zero-order chi connectivity index (χ0) is 15.1. The van der Waals surface area contributed by atoms with Crippen LogP contribution in [-0.2, 0) is 0 Å². The quantitative estimate of drug-likeness (QED) is 0.868. The Kier molecular flexibility index (Phi) is 3.66. The van der Waals surface area contributed by atoms with E-state index in [4.69, 9.17) is 5.73 Å². The van der Waals surface area contributed by atoms with Crippen LogP contribution < -0.4 is 5.73 Å². The van der Waals surface area contributed by atoms with Gasteiger partial charge in [0.1, 0.15) is 4.88 Å². The van der Waals surface area contributed by atoms with E-state index in [1.54, 1.807) is 0 Å². The number of piperidine rings is 1. The van der Waals surface area contributed by atoms with Gasteiger partial charge in [-0.15, -0.1) is 11.3 Å². The molecular formula is C17H22N2OS. The fraction of sp³-hybridized carbons (Fsp3) is 0.471. The van der Waals surface area contributed by atoms with Gasteiger partial charge in [0.05, 0.1) is 5.69 Å². The Bertz CT molecular complexity index is 691. The molecule has 2 heterocycles. The Hall–Kier alpha value is -1.55. The van der Waals surface area contributed by atoms with Gasteiger partial charge in [0.25, 0.3) is 5.91 Å². The maximum Gasteiger partial charge on any atom is 0.266 e. The Morgan fingerprint density at radius 1 is 1.33 bits per heavy atom. The summed E-state index contributed by atoms with van der Waals surface area (Å²) >= 11 is 1.53. The van der Waals surface area contributed by atoms with Crippen molar-refractivity contribution in [3.63, 3.8) is 0 Å². The molecule has 4 heteroatoms. The molecule has 0 spiro atoms. The number of rotatable bonds is 1. The van der Waals surface area contributed by atoms with Crippen LogP contribution in [0.25, 0.3) is 10.1 Å². The second kappa shape index (κ2) is 5.34. The van der Waals surface area contributed by atoms with Crippen molar-refractivity contribution < 1.29 is 4.79 Å². The SMILES string of the molecule is Cc1ccc2c(N)c(C(=O)N3CCC(C)C(C)C3)sc2c1. The summed E-state index contributed by atoms with van der Waals surface area (Å²) in [4.78, 5) is 15.5. The molecule has 2 N–H and O–H groups in total. The summed E-state index contributed by atoms with van der Waals surface area (Å²) in [5, 5.41) is 1.01. The first-order valence-electron chi connectivity index (χ1n) is 7.55. The summed E-state index contributed by atoms with van der Waals surface area (Å²) < 4.78 is 1.11. The van der Waals surface area contributed by atoms with Crippen molar-refractivity contribution in [3.8, 4) is 0 Å². The number of benzene rings is 1. The molecule has 0 aliphatic carbocycles. The number of nitrogen functional groups attached to an aromatic ring is 1. The van der Waals surface area contributed by atoms with Crippen molar-refractivity contribution in [3.05, 3.63) is 28.6 Å². The molecule has 1 amide bonds. The van der Waals surface area contributed by atoms with E-state index in [0.717, 1.165) is 29.6 Å². The number of aryl methyl sites for hydroxylation is 1. The van der Waals surface area contributed by atoms with Crippen LogP contribution in [0.1, 0.15) is 35.5 Å². The van der Waals surface area contributed by atoms with E-state index in [9.17, 15) is 4.79 Å². The molecule has 1 fully saturated rings. The number of likely N-dealkylation sites (tertiary alicyclic amines) is 1. The number of carbonyl (C=O) groups is 1. The fourth-order valence-electron chi connectivity index (χ4n) is 2.97. The van der Waals surface area contributed by atoms with Crippen molar-refractivity contribution in [1.29, 1.82) is 0 Å². The van der Waals surface area contributed by atoms with Crippen molar-refractivity contribution >= 4 is 33.0 Å². The monoisotopic (exact) mass is 302 g/mol. The molecular weight excluding hydrogens is 280 g/mol. The summed E-state index contributed by atoms with van der Waals surface area (Å²) in [6, 6.07) is 6.17. The van der Waals surface area contributed by atoms with E-state index >= 15 is 0 Å². The third-order valence-electron chi connectivity index (χ3n) is 4.70. The summed E-state index contributed by atoms with van der Waals surface area (Å²) in [6.07, 6.45) is 1.08. The lowest BCUT2D eigenvalue weighted by molar-refractivity contribution is 0.0633. The zero-order valence-electron chi connectivity index (χ0n) is 12.8. The molecule has 0 bridgehead atoms. The molecule has 1 aliphatic heterocycles. The van der Waals surface area contributed by atoms with Gasteiger partial charge in [0.15, 0.2) is 0 Å². The molecule has 2 unspecified atom stereocenters. The average molecular weight is 302 g/mol. The predicted molar refractivity (Wildman–Crippen MR) is 89.8 cm³/mol. The van der Waals surface area contributed by atoms with Crippen molar-refractivity contribution in [2.24, 2.45) is 11.8 Å². The highest BCUT2D eigenvalue weighted by molar-refractivity contribution is 7.21. The molecule has 3 rings (SSSR count). The highest BCUT2D eigenvalue weighted by Crippen LogP contribution is 2.36. The topological polar surface area (TPSA) is 46.3 Å². The van der Waals surface area contributed by atoms with Crippen molar-refractivity contribution in [1.82, 2.24) is 4.90 Å². The van der Waals surface area contributed by atoms with Gasteiger partial charge in [-0.2, -0.15) is 0 Å². The van der Waals surface area contributed by atoms with Gasteiger partial charge in [0, 0.05) is 23.2 Å². The number of nitrogens with zero attached hydrogens (tertiary/aromatic N) is 1. The molecule has 1 saturated heterocycles. The molecule has 0 saturated carbocycles. The number of thiophene rings is 1. The largest absolute Gasteiger partial charge is 0.397 e. The first kappa shape index (κ1) is 14.4. The van der Waals surface area contributed by atoms with Crippen LogP contribution in [0, 0.1) is 18.8 Å². The first-order chi connectivity index (χ1) is 9.97. The van der Waals surface area contributed by atoms with E-state index in [1.807, 2.05) is 17.0 Å². The lowest BCUT2D eigenvalue weighted by Gasteiger charge is -2.35. The molecule has 3 nitrogen and oxygen atoms in total. The van der Waals surface area contributed by atoms with Crippen molar-refractivity contribution in [2.75, 3.05) is 18.8 Å². The summed E-state index contributed by atoms with van der Waals surface area (Å²) in [5.41, 5.74) is 8.06. The number of fused-ring (bicyclic) bond motifs is 1. The summed E-state index contributed by atoms with van der Waals surface area (Å²) in [6.45, 7) is 8.24. The van der Waals surface area contributed by atoms with Crippen LogP contribution in [-0.4, -0.2) is 23.9 Å². The third kappa shape index (κ3) is 2.53. The van der Waals surface area contributed by atoms with E-state index < -0.39 is 0 Å². The van der Waals surface area contributed by atoms with Crippen molar-refractivity contribution in [2.45, 2.75) is 27.2 Å². The number of amides is 1. The maximum atomic E-state index is 12.8. The van der Waals surface area contributed by atoms with Crippen LogP contribution in [0.5, 0.6) is 0 Å². The van der Waals surface area contributed by atoms with Gasteiger partial charge < -0.3 is 10.6 Å². The van der Waals surface area contributed by atoms with Gasteiger partial charge in [-0.3, -0.25) is 4.79 Å². The highest BCUT2D eigenvalue weighted by atomic mass is 32.1. The van der Waals surface area contributed by atoms with Crippen LogP contribution >= 0.6 is 11.3 Å². The Morgan fingerprint density at radius 3 is 2.81 bits per heavy atom.